The molecule has 3 rings (SSSR count). The van der Waals surface area contributed by atoms with Gasteiger partial charge in [0.2, 0.25) is 5.91 Å². The number of alkyl halides is 1. The number of likely N-dealkylation sites (tertiary alicyclic amines) is 1. The van der Waals surface area contributed by atoms with Crippen LogP contribution in [0.15, 0.2) is 30.3 Å². The molecule has 1 heterocycles. The third-order valence-corrected chi connectivity index (χ3v) is 4.66. The number of piperidine rings is 1. The average molecular weight is 278 g/mol. The minimum atomic E-state index is -0.673. The second-order valence-corrected chi connectivity index (χ2v) is 5.82. The van der Waals surface area contributed by atoms with E-state index in [1.54, 1.807) is 0 Å². The zero-order chi connectivity index (χ0) is 13.4. The van der Waals surface area contributed by atoms with Gasteiger partial charge in [0.1, 0.15) is 11.2 Å². The predicted molar refractivity (Wildman–Crippen MR) is 72.8 cm³/mol. The predicted octanol–water partition coefficient (Wildman–Crippen LogP) is 2.37. The fraction of sp³-hybridized carbons (Fsp3) is 0.467. The summed E-state index contributed by atoms with van der Waals surface area (Å²) in [4.78, 5) is 26.0. The minimum Gasteiger partial charge on any atom is -0.334 e. The van der Waals surface area contributed by atoms with Crippen LogP contribution in [0, 0.1) is 5.92 Å². The molecule has 1 saturated heterocycles. The Hall–Kier alpha value is -1.35. The largest absolute Gasteiger partial charge is 0.334 e. The van der Waals surface area contributed by atoms with E-state index >= 15 is 0 Å². The quantitative estimate of drug-likeness (QED) is 0.779. The molecule has 4 heteroatoms. The molecular formula is C15H16ClNO2. The van der Waals surface area contributed by atoms with Gasteiger partial charge in [0.15, 0.2) is 0 Å². The number of carbonyl (C=O) groups excluding carboxylic acids is 2. The molecule has 1 aliphatic carbocycles. The van der Waals surface area contributed by atoms with Crippen molar-refractivity contribution in [3.63, 3.8) is 0 Å². The first-order valence-corrected chi connectivity index (χ1v) is 7.11. The lowest BCUT2D eigenvalue weighted by atomic mass is 9.78. The molecule has 0 radical (unpaired) electrons. The van der Waals surface area contributed by atoms with Gasteiger partial charge >= 0.3 is 0 Å². The van der Waals surface area contributed by atoms with Crippen molar-refractivity contribution in [2.24, 2.45) is 5.92 Å². The van der Waals surface area contributed by atoms with E-state index in [0.717, 1.165) is 18.4 Å². The number of rotatable bonds is 2. The number of Topliss-reactive ketones (excluding diaryl/α,β-unsaturated/α-hetero) is 1. The van der Waals surface area contributed by atoms with Gasteiger partial charge < -0.3 is 4.90 Å². The Labute approximate surface area is 117 Å². The number of amides is 1. The van der Waals surface area contributed by atoms with E-state index in [1.807, 2.05) is 35.2 Å². The summed E-state index contributed by atoms with van der Waals surface area (Å²) in [6.07, 6.45) is 2.06. The number of carbonyl (C=O) groups is 2. The Morgan fingerprint density at radius 1 is 1.21 bits per heavy atom. The van der Waals surface area contributed by atoms with Gasteiger partial charge in [0.25, 0.3) is 0 Å². The highest BCUT2D eigenvalue weighted by molar-refractivity contribution is 6.32. The summed E-state index contributed by atoms with van der Waals surface area (Å²) in [6, 6.07) is 10.1. The molecule has 1 amide bonds. The number of hydrogen-bond donors (Lipinski definition) is 0. The highest BCUT2D eigenvalue weighted by atomic mass is 35.5. The molecule has 1 aromatic carbocycles. The molecule has 3 nitrogen and oxygen atoms in total. The van der Waals surface area contributed by atoms with Crippen LogP contribution in [0.2, 0.25) is 0 Å². The molecule has 100 valence electrons. The Kier molecular flexibility index (Phi) is 3.31. The van der Waals surface area contributed by atoms with E-state index in [4.69, 9.17) is 11.6 Å². The summed E-state index contributed by atoms with van der Waals surface area (Å²) in [5, 5.41) is -0.673. The standard InChI is InChI=1S/C15H16ClNO2/c16-14-12-8-11(6-7-13(12)18)17(15(14)19)9-10-4-2-1-3-5-10/h1-5,11-12,14H,6-9H2/t11-,12-,14-/m0/s1. The Bertz CT molecular complexity index is 502. The van der Waals surface area contributed by atoms with E-state index in [0.29, 0.717) is 13.0 Å². The zero-order valence-corrected chi connectivity index (χ0v) is 11.3. The molecule has 0 N–H and O–H groups in total. The summed E-state index contributed by atoms with van der Waals surface area (Å²) >= 11 is 6.18. The number of halogens is 1. The summed E-state index contributed by atoms with van der Waals surface area (Å²) in [7, 11) is 0. The van der Waals surface area contributed by atoms with Crippen molar-refractivity contribution in [1.29, 1.82) is 0 Å². The van der Waals surface area contributed by atoms with Gasteiger partial charge in [-0.25, -0.2) is 0 Å². The van der Waals surface area contributed by atoms with Crippen LogP contribution in [-0.2, 0) is 16.1 Å². The number of hydrogen-bond acceptors (Lipinski definition) is 2. The minimum absolute atomic E-state index is 0.0835. The molecule has 2 fully saturated rings. The van der Waals surface area contributed by atoms with Gasteiger partial charge in [0.05, 0.1) is 0 Å². The maximum absolute atomic E-state index is 12.3. The summed E-state index contributed by atoms with van der Waals surface area (Å²) in [6.45, 7) is 0.592. The topological polar surface area (TPSA) is 37.4 Å². The van der Waals surface area contributed by atoms with Gasteiger partial charge in [-0.2, -0.15) is 0 Å². The van der Waals surface area contributed by atoms with Gasteiger partial charge in [-0.05, 0) is 18.4 Å². The second-order valence-electron chi connectivity index (χ2n) is 5.35. The second kappa shape index (κ2) is 4.97. The summed E-state index contributed by atoms with van der Waals surface area (Å²) < 4.78 is 0. The monoisotopic (exact) mass is 277 g/mol. The summed E-state index contributed by atoms with van der Waals surface area (Å²) in [5.74, 6) is -0.191. The zero-order valence-electron chi connectivity index (χ0n) is 10.6. The molecule has 0 unspecified atom stereocenters. The van der Waals surface area contributed by atoms with Crippen LogP contribution in [0.1, 0.15) is 24.8 Å². The normalized spacial score (nSPS) is 30.6. The smallest absolute Gasteiger partial charge is 0.241 e. The number of nitrogens with zero attached hydrogens (tertiary/aromatic N) is 1. The maximum atomic E-state index is 12.3. The maximum Gasteiger partial charge on any atom is 0.241 e. The van der Waals surface area contributed by atoms with Crippen molar-refractivity contribution < 1.29 is 9.59 Å². The highest BCUT2D eigenvalue weighted by Gasteiger charge is 2.46. The molecule has 0 aromatic heterocycles. The number of fused-ring (bicyclic) bond motifs is 2. The van der Waals surface area contributed by atoms with Crippen molar-refractivity contribution in [2.45, 2.75) is 37.2 Å². The van der Waals surface area contributed by atoms with E-state index in [2.05, 4.69) is 0 Å². The Morgan fingerprint density at radius 2 is 1.95 bits per heavy atom. The fourth-order valence-electron chi connectivity index (χ4n) is 3.10. The Balaban J connectivity index is 1.82. The molecule has 2 bridgehead atoms. The molecule has 1 aromatic rings. The Morgan fingerprint density at radius 3 is 2.68 bits per heavy atom. The molecule has 1 saturated carbocycles. The first-order chi connectivity index (χ1) is 9.16. The van der Waals surface area contributed by atoms with Crippen LogP contribution >= 0.6 is 11.6 Å². The van der Waals surface area contributed by atoms with Crippen molar-refractivity contribution in [3.8, 4) is 0 Å². The molecular weight excluding hydrogens is 262 g/mol. The first-order valence-electron chi connectivity index (χ1n) is 6.68. The lowest BCUT2D eigenvalue weighted by molar-refractivity contribution is -0.146. The average Bonchev–Trinajstić information content (AvgIpc) is 2.44. The summed E-state index contributed by atoms with van der Waals surface area (Å²) in [5.41, 5.74) is 1.11. The SMILES string of the molecule is O=C1CC[C@H]2C[C@@H]1[C@H](Cl)C(=O)N2Cc1ccccc1. The van der Waals surface area contributed by atoms with Crippen LogP contribution in [0.25, 0.3) is 0 Å². The van der Waals surface area contributed by atoms with E-state index in [9.17, 15) is 9.59 Å². The van der Waals surface area contributed by atoms with Crippen LogP contribution in [0.3, 0.4) is 0 Å². The lowest BCUT2D eigenvalue weighted by Crippen LogP contribution is -2.56. The van der Waals surface area contributed by atoms with Crippen LogP contribution in [0.4, 0.5) is 0 Å². The van der Waals surface area contributed by atoms with E-state index in [-0.39, 0.29) is 23.7 Å². The van der Waals surface area contributed by atoms with Crippen molar-refractivity contribution in [1.82, 2.24) is 4.90 Å². The number of benzene rings is 1. The van der Waals surface area contributed by atoms with Crippen molar-refractivity contribution in [2.75, 3.05) is 0 Å². The van der Waals surface area contributed by atoms with E-state index in [1.165, 1.54) is 0 Å². The van der Waals surface area contributed by atoms with Gasteiger partial charge in [-0.1, -0.05) is 30.3 Å². The number of ketones is 1. The van der Waals surface area contributed by atoms with E-state index < -0.39 is 5.38 Å². The molecule has 3 atom stereocenters. The van der Waals surface area contributed by atoms with Gasteiger partial charge in [0, 0.05) is 24.9 Å². The van der Waals surface area contributed by atoms with Crippen LogP contribution in [-0.4, -0.2) is 28.0 Å². The van der Waals surface area contributed by atoms with Crippen molar-refractivity contribution in [3.05, 3.63) is 35.9 Å². The van der Waals surface area contributed by atoms with Gasteiger partial charge in [-0.3, -0.25) is 9.59 Å². The van der Waals surface area contributed by atoms with Crippen LogP contribution < -0.4 is 0 Å². The molecule has 2 aliphatic rings. The lowest BCUT2D eigenvalue weighted by Gasteiger charge is -2.44. The van der Waals surface area contributed by atoms with Gasteiger partial charge in [-0.15, -0.1) is 11.6 Å². The first kappa shape index (κ1) is 12.7. The third kappa shape index (κ3) is 2.27. The molecule has 1 aliphatic heterocycles. The third-order valence-electron chi connectivity index (χ3n) is 4.17. The molecule has 0 spiro atoms. The van der Waals surface area contributed by atoms with Crippen LogP contribution in [0.5, 0.6) is 0 Å². The van der Waals surface area contributed by atoms with Crippen molar-refractivity contribution >= 4 is 23.3 Å². The highest BCUT2D eigenvalue weighted by Crippen LogP contribution is 2.36. The molecule has 19 heavy (non-hydrogen) atoms. The fourth-order valence-corrected chi connectivity index (χ4v) is 3.47.